The summed E-state index contributed by atoms with van der Waals surface area (Å²) in [5.74, 6) is 0. The van der Waals surface area contributed by atoms with Crippen molar-refractivity contribution in [1.82, 2.24) is 0 Å². The van der Waals surface area contributed by atoms with Crippen molar-refractivity contribution in [3.63, 3.8) is 0 Å². The van der Waals surface area contributed by atoms with Crippen molar-refractivity contribution >= 4 is 25.3 Å². The number of unbranched alkanes of at least 4 members (excludes halogenated alkanes) is 1. The molecule has 0 amide bonds. The monoisotopic (exact) mass is 149 g/mol. The number of thiol groups is 2. The standard InChI is InChI=1S/C6H13S2/c1-3-4-5-6(2,7)8/h7-8H,2-5H2,1H3. The normalized spacial score (nSPS) is 12.0. The van der Waals surface area contributed by atoms with Crippen molar-refractivity contribution in [2.45, 2.75) is 30.3 Å². The summed E-state index contributed by atoms with van der Waals surface area (Å²) in [5, 5.41) is 0. The van der Waals surface area contributed by atoms with Gasteiger partial charge in [0.25, 0.3) is 0 Å². The molecule has 0 saturated carbocycles. The predicted octanol–water partition coefficient (Wildman–Crippen LogP) is 2.57. The molecule has 2 heteroatoms. The number of hydrogen-bond acceptors (Lipinski definition) is 2. The number of hydrogen-bond donors (Lipinski definition) is 2. The van der Waals surface area contributed by atoms with Crippen LogP contribution in [0.25, 0.3) is 0 Å². The first-order chi connectivity index (χ1) is 3.56. The van der Waals surface area contributed by atoms with Gasteiger partial charge < -0.3 is 0 Å². The third-order valence-electron chi connectivity index (χ3n) is 0.931. The Hall–Kier alpha value is 0.700. The number of rotatable bonds is 3. The van der Waals surface area contributed by atoms with E-state index in [9.17, 15) is 0 Å². The van der Waals surface area contributed by atoms with Crippen LogP contribution in [0.2, 0.25) is 0 Å². The Morgan fingerprint density at radius 3 is 2.12 bits per heavy atom. The second-order valence-electron chi connectivity index (χ2n) is 2.09. The zero-order chi connectivity index (χ0) is 6.62. The van der Waals surface area contributed by atoms with Crippen LogP contribution in [0.3, 0.4) is 0 Å². The van der Waals surface area contributed by atoms with Gasteiger partial charge >= 0.3 is 0 Å². The molecule has 0 aliphatic rings. The summed E-state index contributed by atoms with van der Waals surface area (Å²) in [6, 6.07) is 0. The van der Waals surface area contributed by atoms with Crippen LogP contribution in [0.4, 0.5) is 0 Å². The second-order valence-corrected chi connectivity index (χ2v) is 4.15. The average molecular weight is 149 g/mol. The highest BCUT2D eigenvalue weighted by Crippen LogP contribution is 2.24. The van der Waals surface area contributed by atoms with Crippen LogP contribution < -0.4 is 0 Å². The van der Waals surface area contributed by atoms with Crippen molar-refractivity contribution in [3.8, 4) is 0 Å². The lowest BCUT2D eigenvalue weighted by atomic mass is 10.2. The summed E-state index contributed by atoms with van der Waals surface area (Å²) in [4.78, 5) is 0. The highest BCUT2D eigenvalue weighted by atomic mass is 32.2. The van der Waals surface area contributed by atoms with Gasteiger partial charge in [0, 0.05) is 0 Å². The van der Waals surface area contributed by atoms with Gasteiger partial charge in [-0.25, -0.2) is 0 Å². The topological polar surface area (TPSA) is 0 Å². The van der Waals surface area contributed by atoms with E-state index in [1.165, 1.54) is 6.42 Å². The summed E-state index contributed by atoms with van der Waals surface area (Å²) in [5.41, 5.74) is 0. The summed E-state index contributed by atoms with van der Waals surface area (Å²) < 4.78 is -0.310. The first-order valence-electron chi connectivity index (χ1n) is 2.86. The van der Waals surface area contributed by atoms with Gasteiger partial charge in [-0.1, -0.05) is 19.8 Å². The molecule has 0 atom stereocenters. The Balaban J connectivity index is 3.11. The molecule has 49 valence electrons. The molecule has 0 aliphatic carbocycles. The average Bonchev–Trinajstić information content (AvgIpc) is 1.59. The maximum absolute atomic E-state index is 4.14. The van der Waals surface area contributed by atoms with Gasteiger partial charge in [0.1, 0.15) is 0 Å². The Morgan fingerprint density at radius 1 is 1.50 bits per heavy atom. The molecule has 0 aliphatic heterocycles. The highest BCUT2D eigenvalue weighted by Gasteiger charge is 2.10. The summed E-state index contributed by atoms with van der Waals surface area (Å²) in [7, 11) is 0. The minimum Gasteiger partial charge on any atom is -0.162 e. The van der Waals surface area contributed by atoms with E-state index in [0.29, 0.717) is 0 Å². The van der Waals surface area contributed by atoms with Crippen molar-refractivity contribution in [3.05, 3.63) is 6.92 Å². The van der Waals surface area contributed by atoms with Crippen LogP contribution >= 0.6 is 25.3 Å². The van der Waals surface area contributed by atoms with Gasteiger partial charge in [-0.2, -0.15) is 25.3 Å². The lowest BCUT2D eigenvalue weighted by molar-refractivity contribution is 0.718. The smallest absolute Gasteiger partial charge is 0.0552 e. The van der Waals surface area contributed by atoms with Crippen molar-refractivity contribution < 1.29 is 0 Å². The fourth-order valence-corrected chi connectivity index (χ4v) is 0.776. The van der Waals surface area contributed by atoms with Gasteiger partial charge in [-0.15, -0.1) is 0 Å². The molecule has 0 spiro atoms. The van der Waals surface area contributed by atoms with E-state index in [1.54, 1.807) is 0 Å². The maximum Gasteiger partial charge on any atom is 0.0552 e. The van der Waals surface area contributed by atoms with Crippen LogP contribution in [-0.4, -0.2) is 4.08 Å². The molecule has 0 fully saturated rings. The van der Waals surface area contributed by atoms with Gasteiger partial charge in [-0.05, 0) is 13.3 Å². The van der Waals surface area contributed by atoms with Gasteiger partial charge in [0.2, 0.25) is 0 Å². The molecule has 0 aromatic heterocycles. The molecular weight excluding hydrogens is 136 g/mol. The molecular formula is C6H13S2. The van der Waals surface area contributed by atoms with Gasteiger partial charge in [0.15, 0.2) is 0 Å². The van der Waals surface area contributed by atoms with Crippen LogP contribution in [0.5, 0.6) is 0 Å². The van der Waals surface area contributed by atoms with E-state index in [-0.39, 0.29) is 4.08 Å². The fourth-order valence-electron chi connectivity index (χ4n) is 0.460. The van der Waals surface area contributed by atoms with E-state index in [1.807, 2.05) is 0 Å². The molecule has 0 rings (SSSR count). The third kappa shape index (κ3) is 6.70. The van der Waals surface area contributed by atoms with Crippen LogP contribution in [-0.2, 0) is 0 Å². The quantitative estimate of drug-likeness (QED) is 0.447. The van der Waals surface area contributed by atoms with Crippen LogP contribution in [0.15, 0.2) is 0 Å². The Bertz CT molecular complexity index is 54.0. The molecule has 0 nitrogen and oxygen atoms in total. The van der Waals surface area contributed by atoms with Crippen molar-refractivity contribution in [2.75, 3.05) is 0 Å². The Kier molecular flexibility index (Phi) is 4.00. The minimum absolute atomic E-state index is 0.310. The Labute approximate surface area is 62.9 Å². The summed E-state index contributed by atoms with van der Waals surface area (Å²) in [6.45, 7) is 5.88. The molecule has 0 bridgehead atoms. The van der Waals surface area contributed by atoms with E-state index in [4.69, 9.17) is 0 Å². The molecule has 0 N–H and O–H groups in total. The highest BCUT2D eigenvalue weighted by molar-refractivity contribution is 8.00. The maximum atomic E-state index is 4.14. The zero-order valence-corrected chi connectivity index (χ0v) is 7.01. The molecule has 0 aromatic rings. The first kappa shape index (κ1) is 8.70. The minimum atomic E-state index is -0.310. The van der Waals surface area contributed by atoms with Crippen LogP contribution in [0, 0.1) is 6.92 Å². The Morgan fingerprint density at radius 2 is 2.00 bits per heavy atom. The summed E-state index contributed by atoms with van der Waals surface area (Å²) in [6.07, 6.45) is 3.34. The summed E-state index contributed by atoms with van der Waals surface area (Å²) >= 11 is 8.28. The van der Waals surface area contributed by atoms with Gasteiger partial charge in [-0.3, -0.25) is 0 Å². The molecule has 8 heavy (non-hydrogen) atoms. The van der Waals surface area contributed by atoms with E-state index >= 15 is 0 Å². The second kappa shape index (κ2) is 3.67. The molecule has 0 heterocycles. The SMILES string of the molecule is [CH2]C(S)(S)CCCC. The molecule has 1 radical (unpaired) electrons. The fraction of sp³-hybridized carbons (Fsp3) is 0.833. The van der Waals surface area contributed by atoms with E-state index in [0.717, 1.165) is 12.8 Å². The van der Waals surface area contributed by atoms with E-state index < -0.39 is 0 Å². The van der Waals surface area contributed by atoms with Gasteiger partial charge in [0.05, 0.1) is 4.08 Å². The lowest BCUT2D eigenvalue weighted by Crippen LogP contribution is -2.05. The molecule has 0 aromatic carbocycles. The largest absolute Gasteiger partial charge is 0.162 e. The first-order valence-corrected chi connectivity index (χ1v) is 3.76. The van der Waals surface area contributed by atoms with Crippen LogP contribution in [0.1, 0.15) is 26.2 Å². The third-order valence-corrected chi connectivity index (χ3v) is 1.38. The molecule has 0 unspecified atom stereocenters. The van der Waals surface area contributed by atoms with Crippen molar-refractivity contribution in [1.29, 1.82) is 0 Å². The molecule has 0 saturated heterocycles. The predicted molar refractivity (Wildman–Crippen MR) is 45.6 cm³/mol. The van der Waals surface area contributed by atoms with E-state index in [2.05, 4.69) is 39.1 Å². The lowest BCUT2D eigenvalue weighted by Gasteiger charge is -2.13. The van der Waals surface area contributed by atoms with Crippen molar-refractivity contribution in [2.24, 2.45) is 0 Å². The zero-order valence-electron chi connectivity index (χ0n) is 5.22.